The number of hydrogen-bond acceptors (Lipinski definition) is 3. The molecule has 2 heterocycles. The molecule has 1 aliphatic rings. The SMILES string of the molecule is CC(N)C1CCCN(C(=O)c2cc3ccccc3o2)C1. The van der Waals surface area contributed by atoms with Gasteiger partial charge in [-0.1, -0.05) is 18.2 Å². The zero-order chi connectivity index (χ0) is 14.1. The minimum atomic E-state index is -0.0217. The Bertz CT molecular complexity index is 585. The number of carbonyl (C=O) groups excluding carboxylic acids is 1. The minimum absolute atomic E-state index is 0.0217. The van der Waals surface area contributed by atoms with Gasteiger partial charge in [0.05, 0.1) is 0 Å². The third kappa shape index (κ3) is 2.43. The Labute approximate surface area is 118 Å². The van der Waals surface area contributed by atoms with Gasteiger partial charge in [0.1, 0.15) is 5.58 Å². The maximum atomic E-state index is 12.5. The van der Waals surface area contributed by atoms with Crippen molar-refractivity contribution < 1.29 is 9.21 Å². The second kappa shape index (κ2) is 5.29. The van der Waals surface area contributed by atoms with Gasteiger partial charge in [-0.25, -0.2) is 0 Å². The summed E-state index contributed by atoms with van der Waals surface area (Å²) in [5.74, 6) is 0.792. The highest BCUT2D eigenvalue weighted by Crippen LogP contribution is 2.24. The lowest BCUT2D eigenvalue weighted by molar-refractivity contribution is 0.0631. The summed E-state index contributed by atoms with van der Waals surface area (Å²) in [5.41, 5.74) is 6.73. The molecule has 1 fully saturated rings. The van der Waals surface area contributed by atoms with Gasteiger partial charge in [-0.15, -0.1) is 0 Å². The maximum Gasteiger partial charge on any atom is 0.289 e. The molecule has 2 atom stereocenters. The number of fused-ring (bicyclic) bond motifs is 1. The van der Waals surface area contributed by atoms with Crippen LogP contribution in [0.15, 0.2) is 34.7 Å². The summed E-state index contributed by atoms with van der Waals surface area (Å²) < 4.78 is 5.66. The lowest BCUT2D eigenvalue weighted by Gasteiger charge is -2.34. The Kier molecular flexibility index (Phi) is 3.49. The molecule has 4 nitrogen and oxygen atoms in total. The van der Waals surface area contributed by atoms with Crippen molar-refractivity contribution in [3.63, 3.8) is 0 Å². The molecule has 0 radical (unpaired) electrons. The highest BCUT2D eigenvalue weighted by molar-refractivity contribution is 5.96. The van der Waals surface area contributed by atoms with Crippen LogP contribution in [0.4, 0.5) is 0 Å². The molecule has 20 heavy (non-hydrogen) atoms. The molecule has 1 saturated heterocycles. The fourth-order valence-electron chi connectivity index (χ4n) is 2.87. The number of carbonyl (C=O) groups is 1. The molecule has 1 aromatic carbocycles. The first kappa shape index (κ1) is 13.2. The third-order valence-corrected chi connectivity index (χ3v) is 4.12. The Balaban J connectivity index is 1.81. The van der Waals surface area contributed by atoms with Gasteiger partial charge < -0.3 is 15.1 Å². The molecule has 2 aromatic rings. The zero-order valence-electron chi connectivity index (χ0n) is 11.7. The van der Waals surface area contributed by atoms with Crippen molar-refractivity contribution >= 4 is 16.9 Å². The molecule has 0 spiro atoms. The molecule has 0 aliphatic carbocycles. The van der Waals surface area contributed by atoms with Crippen LogP contribution in [0.25, 0.3) is 11.0 Å². The van der Waals surface area contributed by atoms with Crippen LogP contribution in [-0.2, 0) is 0 Å². The van der Waals surface area contributed by atoms with Crippen LogP contribution in [0, 0.1) is 5.92 Å². The van der Waals surface area contributed by atoms with Gasteiger partial charge in [0.15, 0.2) is 5.76 Å². The number of nitrogens with two attached hydrogens (primary N) is 1. The maximum absolute atomic E-state index is 12.5. The van der Waals surface area contributed by atoms with Gasteiger partial charge in [0.2, 0.25) is 0 Å². The predicted molar refractivity (Wildman–Crippen MR) is 78.5 cm³/mol. The van der Waals surface area contributed by atoms with E-state index in [2.05, 4.69) is 0 Å². The topological polar surface area (TPSA) is 59.5 Å². The number of rotatable bonds is 2. The van der Waals surface area contributed by atoms with Crippen LogP contribution in [0.3, 0.4) is 0 Å². The molecule has 1 aromatic heterocycles. The van der Waals surface area contributed by atoms with Crippen molar-refractivity contribution in [3.8, 4) is 0 Å². The predicted octanol–water partition coefficient (Wildman–Crippen LogP) is 2.63. The van der Waals surface area contributed by atoms with Crippen LogP contribution in [0.2, 0.25) is 0 Å². The molecular weight excluding hydrogens is 252 g/mol. The smallest absolute Gasteiger partial charge is 0.289 e. The monoisotopic (exact) mass is 272 g/mol. The molecule has 0 bridgehead atoms. The van der Waals surface area contributed by atoms with Crippen molar-refractivity contribution in [2.45, 2.75) is 25.8 Å². The summed E-state index contributed by atoms with van der Waals surface area (Å²) in [7, 11) is 0. The summed E-state index contributed by atoms with van der Waals surface area (Å²) in [5, 5.41) is 0.969. The van der Waals surface area contributed by atoms with Crippen LogP contribution in [0.5, 0.6) is 0 Å². The fraction of sp³-hybridized carbons (Fsp3) is 0.438. The van der Waals surface area contributed by atoms with E-state index in [-0.39, 0.29) is 11.9 Å². The Morgan fingerprint density at radius 1 is 1.45 bits per heavy atom. The first-order valence-electron chi connectivity index (χ1n) is 7.18. The molecule has 106 valence electrons. The Hall–Kier alpha value is -1.81. The summed E-state index contributed by atoms with van der Waals surface area (Å²) in [6.45, 7) is 3.53. The molecule has 3 rings (SSSR count). The van der Waals surface area contributed by atoms with E-state index >= 15 is 0 Å². The second-order valence-electron chi connectivity index (χ2n) is 5.66. The van der Waals surface area contributed by atoms with E-state index in [1.54, 1.807) is 0 Å². The van der Waals surface area contributed by atoms with Crippen molar-refractivity contribution in [1.29, 1.82) is 0 Å². The first-order chi connectivity index (χ1) is 9.65. The summed E-state index contributed by atoms with van der Waals surface area (Å²) in [6.07, 6.45) is 2.11. The lowest BCUT2D eigenvalue weighted by Crippen LogP contribution is -2.44. The van der Waals surface area contributed by atoms with Crippen LogP contribution in [-0.4, -0.2) is 29.9 Å². The number of hydrogen-bond donors (Lipinski definition) is 1. The number of likely N-dealkylation sites (tertiary alicyclic amines) is 1. The number of para-hydroxylation sites is 1. The van der Waals surface area contributed by atoms with E-state index in [0.29, 0.717) is 11.7 Å². The first-order valence-corrected chi connectivity index (χ1v) is 7.18. The largest absolute Gasteiger partial charge is 0.451 e. The lowest BCUT2D eigenvalue weighted by atomic mass is 9.92. The van der Waals surface area contributed by atoms with Crippen LogP contribution in [0.1, 0.15) is 30.3 Å². The Morgan fingerprint density at radius 2 is 2.25 bits per heavy atom. The van der Waals surface area contributed by atoms with Gasteiger partial charge in [-0.3, -0.25) is 4.79 Å². The number of nitrogens with zero attached hydrogens (tertiary/aromatic N) is 1. The van der Waals surface area contributed by atoms with E-state index in [0.717, 1.165) is 36.9 Å². The van der Waals surface area contributed by atoms with Crippen LogP contribution >= 0.6 is 0 Å². The van der Waals surface area contributed by atoms with Gasteiger partial charge >= 0.3 is 0 Å². The van der Waals surface area contributed by atoms with Gasteiger partial charge in [-0.2, -0.15) is 0 Å². The molecule has 4 heteroatoms. The number of amides is 1. The van der Waals surface area contributed by atoms with E-state index in [1.807, 2.05) is 42.2 Å². The number of furan rings is 1. The zero-order valence-corrected chi connectivity index (χ0v) is 11.7. The van der Waals surface area contributed by atoms with Crippen LogP contribution < -0.4 is 5.73 Å². The molecule has 2 unspecified atom stereocenters. The van der Waals surface area contributed by atoms with E-state index in [4.69, 9.17) is 10.2 Å². The molecular formula is C16H20N2O2. The summed E-state index contributed by atoms with van der Waals surface area (Å²) in [6, 6.07) is 9.64. The third-order valence-electron chi connectivity index (χ3n) is 4.12. The van der Waals surface area contributed by atoms with Crippen molar-refractivity contribution in [3.05, 3.63) is 36.1 Å². The quantitative estimate of drug-likeness (QED) is 0.914. The average Bonchev–Trinajstić information content (AvgIpc) is 2.90. The highest BCUT2D eigenvalue weighted by atomic mass is 16.3. The van der Waals surface area contributed by atoms with Gasteiger partial charge in [0.25, 0.3) is 5.91 Å². The van der Waals surface area contributed by atoms with E-state index in [1.165, 1.54) is 0 Å². The summed E-state index contributed by atoms with van der Waals surface area (Å²) in [4.78, 5) is 14.4. The van der Waals surface area contributed by atoms with E-state index < -0.39 is 0 Å². The molecule has 2 N–H and O–H groups in total. The normalized spacial score (nSPS) is 21.1. The highest BCUT2D eigenvalue weighted by Gasteiger charge is 2.28. The van der Waals surface area contributed by atoms with Crippen molar-refractivity contribution in [1.82, 2.24) is 4.90 Å². The van der Waals surface area contributed by atoms with Gasteiger partial charge in [0, 0.05) is 24.5 Å². The molecule has 1 amide bonds. The average molecular weight is 272 g/mol. The number of piperidine rings is 1. The minimum Gasteiger partial charge on any atom is -0.451 e. The van der Waals surface area contributed by atoms with Crippen molar-refractivity contribution in [2.24, 2.45) is 11.7 Å². The van der Waals surface area contributed by atoms with Crippen molar-refractivity contribution in [2.75, 3.05) is 13.1 Å². The second-order valence-corrected chi connectivity index (χ2v) is 5.66. The van der Waals surface area contributed by atoms with Gasteiger partial charge in [-0.05, 0) is 37.8 Å². The molecule has 0 saturated carbocycles. The molecule has 1 aliphatic heterocycles. The summed E-state index contributed by atoms with van der Waals surface area (Å²) >= 11 is 0. The Morgan fingerprint density at radius 3 is 3.00 bits per heavy atom. The number of benzene rings is 1. The van der Waals surface area contributed by atoms with E-state index in [9.17, 15) is 4.79 Å². The standard InChI is InChI=1S/C16H20N2O2/c1-11(17)13-6-4-8-18(10-13)16(19)15-9-12-5-2-3-7-14(12)20-15/h2-3,5,7,9,11,13H,4,6,8,10,17H2,1H3. The fourth-order valence-corrected chi connectivity index (χ4v) is 2.87.